The second-order valence-corrected chi connectivity index (χ2v) is 12.4. The van der Waals surface area contributed by atoms with E-state index in [1.807, 2.05) is 0 Å². The molecular formula is C28H44S2. The first-order valence-corrected chi connectivity index (χ1v) is 14.4. The van der Waals surface area contributed by atoms with E-state index in [1.165, 1.54) is 75.5 Å². The van der Waals surface area contributed by atoms with Crippen LogP contribution in [0.4, 0.5) is 0 Å². The van der Waals surface area contributed by atoms with E-state index in [4.69, 9.17) is 0 Å². The summed E-state index contributed by atoms with van der Waals surface area (Å²) in [6.45, 7) is 14.3. The molecule has 30 heavy (non-hydrogen) atoms. The third-order valence-electron chi connectivity index (χ3n) is 7.27. The van der Waals surface area contributed by atoms with E-state index in [9.17, 15) is 0 Å². The molecule has 2 heterocycles. The van der Waals surface area contributed by atoms with Gasteiger partial charge >= 0.3 is 0 Å². The van der Waals surface area contributed by atoms with Gasteiger partial charge in [0.2, 0.25) is 0 Å². The number of thiophene rings is 1. The van der Waals surface area contributed by atoms with Crippen molar-refractivity contribution in [2.24, 2.45) is 11.8 Å². The maximum atomic E-state index is 2.53. The Morgan fingerprint density at radius 3 is 2.10 bits per heavy atom. The van der Waals surface area contributed by atoms with E-state index in [0.29, 0.717) is 0 Å². The van der Waals surface area contributed by atoms with Gasteiger partial charge in [0.15, 0.2) is 0 Å². The maximum absolute atomic E-state index is 2.53. The van der Waals surface area contributed by atoms with E-state index < -0.39 is 0 Å². The van der Waals surface area contributed by atoms with Crippen LogP contribution in [-0.4, -0.2) is 5.25 Å². The lowest BCUT2D eigenvalue weighted by atomic mass is 9.81. The quantitative estimate of drug-likeness (QED) is 0.314. The third kappa shape index (κ3) is 5.47. The van der Waals surface area contributed by atoms with Gasteiger partial charge in [-0.3, -0.25) is 0 Å². The van der Waals surface area contributed by atoms with Crippen LogP contribution in [0.2, 0.25) is 0 Å². The summed E-state index contributed by atoms with van der Waals surface area (Å²) in [5.74, 6) is 1.69. The number of fused-ring (bicyclic) bond motifs is 3. The molecule has 0 bridgehead atoms. The van der Waals surface area contributed by atoms with E-state index in [2.05, 4.69) is 70.7 Å². The Bertz CT molecular complexity index is 816. The first-order chi connectivity index (χ1) is 14.5. The van der Waals surface area contributed by atoms with Crippen molar-refractivity contribution in [3.8, 4) is 0 Å². The Kier molecular flexibility index (Phi) is 9.20. The molecule has 2 heteroatoms. The third-order valence-corrected chi connectivity index (χ3v) is 9.72. The molecule has 1 aromatic heterocycles. The zero-order chi connectivity index (χ0) is 21.7. The van der Waals surface area contributed by atoms with Crippen molar-refractivity contribution in [3.63, 3.8) is 0 Å². The smallest absolute Gasteiger partial charge is 0.0487 e. The fourth-order valence-electron chi connectivity index (χ4n) is 5.34. The van der Waals surface area contributed by atoms with Gasteiger partial charge in [0.05, 0.1) is 0 Å². The number of aryl methyl sites for hydroxylation is 1. The molecule has 2 aromatic rings. The van der Waals surface area contributed by atoms with E-state index >= 15 is 0 Å². The van der Waals surface area contributed by atoms with Crippen LogP contribution in [0.25, 0.3) is 10.1 Å². The molecule has 1 aliphatic heterocycles. The predicted octanol–water partition coefficient (Wildman–Crippen LogP) is 9.76. The summed E-state index contributed by atoms with van der Waals surface area (Å²) in [5.41, 5.74) is 5.28. The Balaban J connectivity index is 2.09. The van der Waals surface area contributed by atoms with E-state index in [1.54, 1.807) is 31.7 Å². The number of benzene rings is 1. The van der Waals surface area contributed by atoms with Crippen molar-refractivity contribution in [1.29, 1.82) is 0 Å². The highest BCUT2D eigenvalue weighted by molar-refractivity contribution is 8.00. The molecule has 0 aliphatic carbocycles. The van der Waals surface area contributed by atoms with Crippen LogP contribution in [-0.2, 0) is 19.3 Å². The minimum Gasteiger partial charge on any atom is -0.139 e. The first kappa shape index (κ1) is 24.2. The van der Waals surface area contributed by atoms with E-state index in [0.717, 1.165) is 17.1 Å². The predicted molar refractivity (Wildman–Crippen MR) is 140 cm³/mol. The zero-order valence-corrected chi connectivity index (χ0v) is 22.0. The molecule has 0 amide bonds. The van der Waals surface area contributed by atoms with Gasteiger partial charge in [0.25, 0.3) is 0 Å². The molecule has 0 spiro atoms. The highest BCUT2D eigenvalue weighted by Gasteiger charge is 2.29. The standard InChI is InChI=1S/C28H44S2/c1-7-11-13-21(9-3)17-23-24(18-22(10-4)14-12-8-2)26-16-20(6)30-28(26)27-25(23)15-19(5)29-27/h15,20-22H,7-14,16-18H2,1-6H3. The maximum Gasteiger partial charge on any atom is 0.0487 e. The molecule has 3 unspecified atom stereocenters. The topological polar surface area (TPSA) is 0 Å². The molecule has 3 rings (SSSR count). The Morgan fingerprint density at radius 1 is 0.933 bits per heavy atom. The second-order valence-electron chi connectivity index (χ2n) is 9.74. The van der Waals surface area contributed by atoms with Crippen LogP contribution in [0.1, 0.15) is 108 Å². The molecule has 3 atom stereocenters. The van der Waals surface area contributed by atoms with Gasteiger partial charge in [-0.15, -0.1) is 23.1 Å². The van der Waals surface area contributed by atoms with Gasteiger partial charge in [-0.2, -0.15) is 0 Å². The van der Waals surface area contributed by atoms with Crippen LogP contribution in [0.5, 0.6) is 0 Å². The molecule has 0 saturated heterocycles. The second kappa shape index (κ2) is 11.4. The SMILES string of the molecule is CCCCC(CC)Cc1c2c(c3sc(C)cc3c1CC(CC)CCCC)SC(C)C2. The number of hydrogen-bond acceptors (Lipinski definition) is 2. The highest BCUT2D eigenvalue weighted by Crippen LogP contribution is 2.49. The zero-order valence-electron chi connectivity index (χ0n) is 20.4. The van der Waals surface area contributed by atoms with Crippen LogP contribution in [0.15, 0.2) is 11.0 Å². The van der Waals surface area contributed by atoms with E-state index in [-0.39, 0.29) is 0 Å². The molecule has 0 fully saturated rings. The summed E-state index contributed by atoms with van der Waals surface area (Å²) in [6.07, 6.45) is 14.8. The van der Waals surface area contributed by atoms with Crippen LogP contribution >= 0.6 is 23.1 Å². The molecule has 0 nitrogen and oxygen atoms in total. The fourth-order valence-corrected chi connectivity index (χ4v) is 7.83. The number of hydrogen-bond donors (Lipinski definition) is 0. The lowest BCUT2D eigenvalue weighted by Gasteiger charge is -2.24. The van der Waals surface area contributed by atoms with Crippen molar-refractivity contribution in [2.45, 2.75) is 122 Å². The summed E-state index contributed by atoms with van der Waals surface area (Å²) in [5, 5.41) is 2.35. The minimum atomic E-state index is 0.734. The number of rotatable bonds is 12. The van der Waals surface area contributed by atoms with Crippen molar-refractivity contribution in [2.75, 3.05) is 0 Å². The van der Waals surface area contributed by atoms with Crippen molar-refractivity contribution >= 4 is 33.2 Å². The lowest BCUT2D eigenvalue weighted by Crippen LogP contribution is -2.13. The first-order valence-electron chi connectivity index (χ1n) is 12.7. The Labute approximate surface area is 194 Å². The normalized spacial score (nSPS) is 18.1. The van der Waals surface area contributed by atoms with Crippen molar-refractivity contribution < 1.29 is 0 Å². The van der Waals surface area contributed by atoms with Crippen LogP contribution in [0, 0.1) is 18.8 Å². The molecule has 0 saturated carbocycles. The van der Waals surface area contributed by atoms with Crippen LogP contribution in [0.3, 0.4) is 0 Å². The van der Waals surface area contributed by atoms with Gasteiger partial charge < -0.3 is 0 Å². The van der Waals surface area contributed by atoms with Gasteiger partial charge in [-0.1, -0.05) is 86.0 Å². The Morgan fingerprint density at radius 2 is 1.53 bits per heavy atom. The molecule has 168 valence electrons. The summed E-state index contributed by atoms with van der Waals surface area (Å²) < 4.78 is 1.61. The van der Waals surface area contributed by atoms with Crippen LogP contribution < -0.4 is 0 Å². The van der Waals surface area contributed by atoms with Crippen molar-refractivity contribution in [1.82, 2.24) is 0 Å². The summed E-state index contributed by atoms with van der Waals surface area (Å²) in [7, 11) is 0. The van der Waals surface area contributed by atoms with Gasteiger partial charge in [-0.05, 0) is 66.2 Å². The molecule has 1 aromatic carbocycles. The van der Waals surface area contributed by atoms with Crippen molar-refractivity contribution in [3.05, 3.63) is 27.6 Å². The van der Waals surface area contributed by atoms with Gasteiger partial charge in [-0.25, -0.2) is 0 Å². The average molecular weight is 445 g/mol. The average Bonchev–Trinajstić information content (AvgIpc) is 3.31. The minimum absolute atomic E-state index is 0.734. The summed E-state index contributed by atoms with van der Waals surface area (Å²) in [4.78, 5) is 3.15. The Hall–Kier alpha value is -0.470. The largest absolute Gasteiger partial charge is 0.139 e. The summed E-state index contributed by atoms with van der Waals surface area (Å²) >= 11 is 4.21. The molecule has 0 radical (unpaired) electrons. The molecule has 0 N–H and O–H groups in total. The number of unbranched alkanes of at least 4 members (excludes halogenated alkanes) is 2. The van der Waals surface area contributed by atoms with Gasteiger partial charge in [0.1, 0.15) is 0 Å². The van der Waals surface area contributed by atoms with Gasteiger partial charge in [0, 0.05) is 19.7 Å². The molecular weight excluding hydrogens is 400 g/mol. The highest BCUT2D eigenvalue weighted by atomic mass is 32.2. The summed E-state index contributed by atoms with van der Waals surface area (Å²) in [6, 6.07) is 2.53. The fraction of sp³-hybridized carbons (Fsp3) is 0.714. The number of thioether (sulfide) groups is 1. The monoisotopic (exact) mass is 444 g/mol. The molecule has 1 aliphatic rings. The lowest BCUT2D eigenvalue weighted by molar-refractivity contribution is 0.434.